The fourth-order valence-corrected chi connectivity index (χ4v) is 2.02. The molecule has 1 aromatic heterocycles. The van der Waals surface area contributed by atoms with E-state index >= 15 is 0 Å². The molecule has 0 aromatic carbocycles. The number of halogens is 3. The third-order valence-corrected chi connectivity index (χ3v) is 2.96. The molecule has 0 spiro atoms. The van der Waals surface area contributed by atoms with E-state index in [1.54, 1.807) is 0 Å². The Labute approximate surface area is 132 Å². The van der Waals surface area contributed by atoms with Crippen molar-refractivity contribution < 1.29 is 73.9 Å². The van der Waals surface area contributed by atoms with Gasteiger partial charge in [-0.15, -0.1) is 0 Å². The minimum atomic E-state index is -5.03. The zero-order valence-corrected chi connectivity index (χ0v) is 12.5. The van der Waals surface area contributed by atoms with Gasteiger partial charge in [-0.2, -0.15) is 11.3 Å². The number of esters is 1. The maximum Gasteiger partial charge on any atom is 1.00 e. The summed E-state index contributed by atoms with van der Waals surface area (Å²) in [5, 5.41) is 1.17. The van der Waals surface area contributed by atoms with Crippen LogP contribution in [-0.2, 0) is 4.74 Å². The Balaban J connectivity index is 0.00000196. The van der Waals surface area contributed by atoms with Crippen molar-refractivity contribution in [3.8, 4) is 0 Å². The molecular weight excluding hydrogens is 255 g/mol. The van der Waals surface area contributed by atoms with Crippen LogP contribution in [0.15, 0.2) is 5.38 Å². The summed E-state index contributed by atoms with van der Waals surface area (Å²) in [4.78, 5) is 11.0. The standard InChI is InChI=1S/C7H7BF3O2S.K/c1-4-5(7(12)13-2)3-14-6(4)8(9,10)11;/h3H,1-2H3;/q-1;+1. The number of thiophene rings is 1. The Morgan fingerprint density at radius 1 is 1.47 bits per heavy atom. The molecule has 8 heteroatoms. The van der Waals surface area contributed by atoms with Crippen molar-refractivity contribution in [3.05, 3.63) is 16.5 Å². The summed E-state index contributed by atoms with van der Waals surface area (Å²) in [6.45, 7) is -3.76. The first-order valence-corrected chi connectivity index (χ1v) is 4.62. The molecule has 0 saturated heterocycles. The van der Waals surface area contributed by atoms with Crippen molar-refractivity contribution in [2.24, 2.45) is 0 Å². The molecule has 1 aromatic rings. The van der Waals surface area contributed by atoms with E-state index in [1.807, 2.05) is 0 Å². The van der Waals surface area contributed by atoms with E-state index in [4.69, 9.17) is 0 Å². The minimum absolute atomic E-state index is 0. The van der Waals surface area contributed by atoms with E-state index in [2.05, 4.69) is 4.74 Å². The predicted molar refractivity (Wildman–Crippen MR) is 49.1 cm³/mol. The first-order valence-electron chi connectivity index (χ1n) is 3.74. The normalized spacial score (nSPS) is 10.7. The van der Waals surface area contributed by atoms with Gasteiger partial charge < -0.3 is 17.7 Å². The van der Waals surface area contributed by atoms with Crippen LogP contribution >= 0.6 is 11.3 Å². The molecule has 0 aliphatic heterocycles. The molecule has 1 rings (SSSR count). The predicted octanol–water partition coefficient (Wildman–Crippen LogP) is -1.10. The summed E-state index contributed by atoms with van der Waals surface area (Å²) in [6, 6.07) is 0. The third kappa shape index (κ3) is 3.57. The van der Waals surface area contributed by atoms with Gasteiger partial charge in [-0.1, -0.05) is 10.3 Å². The van der Waals surface area contributed by atoms with E-state index < -0.39 is 17.7 Å². The Morgan fingerprint density at radius 2 is 2.00 bits per heavy atom. The first kappa shape index (κ1) is 15.7. The van der Waals surface area contributed by atoms with Crippen molar-refractivity contribution in [2.75, 3.05) is 7.11 Å². The van der Waals surface area contributed by atoms with Gasteiger partial charge in [0.15, 0.2) is 0 Å². The summed E-state index contributed by atoms with van der Waals surface area (Å²) in [6.07, 6.45) is 0. The Bertz CT molecular complexity index is 364. The van der Waals surface area contributed by atoms with Crippen molar-refractivity contribution in [1.29, 1.82) is 0 Å². The topological polar surface area (TPSA) is 26.3 Å². The fourth-order valence-electron chi connectivity index (χ4n) is 1.07. The van der Waals surface area contributed by atoms with E-state index in [0.717, 1.165) is 7.11 Å². The number of carbonyl (C=O) groups is 1. The zero-order chi connectivity index (χ0) is 10.9. The molecule has 0 aliphatic rings. The number of carbonyl (C=O) groups excluding carboxylic acids is 1. The molecule has 0 aliphatic carbocycles. The molecule has 0 unspecified atom stereocenters. The zero-order valence-electron chi connectivity index (χ0n) is 8.51. The van der Waals surface area contributed by atoms with Crippen LogP contribution in [0.3, 0.4) is 0 Å². The van der Waals surface area contributed by atoms with Gasteiger partial charge in [-0.25, -0.2) is 4.79 Å². The van der Waals surface area contributed by atoms with Crippen LogP contribution in [0, 0.1) is 6.92 Å². The molecule has 2 nitrogen and oxygen atoms in total. The van der Waals surface area contributed by atoms with Gasteiger partial charge in [0.2, 0.25) is 0 Å². The number of ether oxygens (including phenoxy) is 1. The van der Waals surface area contributed by atoms with Crippen LogP contribution in [0.2, 0.25) is 0 Å². The number of rotatable bonds is 2. The minimum Gasteiger partial charge on any atom is -0.465 e. The van der Waals surface area contributed by atoms with Crippen LogP contribution in [0.4, 0.5) is 12.9 Å². The van der Waals surface area contributed by atoms with E-state index in [9.17, 15) is 17.7 Å². The Kier molecular flexibility index (Phi) is 6.09. The smallest absolute Gasteiger partial charge is 0.465 e. The average Bonchev–Trinajstić information content (AvgIpc) is 2.45. The van der Waals surface area contributed by atoms with E-state index in [1.165, 1.54) is 12.3 Å². The fraction of sp³-hybridized carbons (Fsp3) is 0.286. The number of hydrogen-bond acceptors (Lipinski definition) is 3. The van der Waals surface area contributed by atoms with Crippen molar-refractivity contribution in [1.82, 2.24) is 0 Å². The Morgan fingerprint density at radius 3 is 2.33 bits per heavy atom. The van der Waals surface area contributed by atoms with E-state index in [-0.39, 0.29) is 62.5 Å². The monoisotopic (exact) mass is 262 g/mol. The molecular formula is C7H7BF3KO2S. The van der Waals surface area contributed by atoms with Gasteiger partial charge in [-0.05, 0) is 6.92 Å². The Hall–Kier alpha value is 0.661. The quantitative estimate of drug-likeness (QED) is 0.499. The molecule has 0 N–H and O–H groups in total. The van der Waals surface area contributed by atoms with E-state index in [0.29, 0.717) is 11.3 Å². The first-order chi connectivity index (χ1) is 6.38. The van der Waals surface area contributed by atoms with Gasteiger partial charge in [0.05, 0.1) is 12.7 Å². The molecule has 0 bridgehead atoms. The molecule has 78 valence electrons. The third-order valence-electron chi connectivity index (χ3n) is 1.78. The second-order valence-electron chi connectivity index (χ2n) is 2.70. The second-order valence-corrected chi connectivity index (χ2v) is 3.62. The van der Waals surface area contributed by atoms with Gasteiger partial charge in [0.1, 0.15) is 0 Å². The summed E-state index contributed by atoms with van der Waals surface area (Å²) in [7, 11) is 1.14. The SMILES string of the molecule is COC(=O)c1csc([B-](F)(F)F)c1C.[K+]. The van der Waals surface area contributed by atoms with Crippen LogP contribution in [-0.4, -0.2) is 20.1 Å². The summed E-state index contributed by atoms with van der Waals surface area (Å²) in [5.41, 5.74) is -0.0546. The van der Waals surface area contributed by atoms with Crippen LogP contribution < -0.4 is 56.2 Å². The maximum atomic E-state index is 12.4. The molecule has 1 heterocycles. The molecule has 0 saturated carbocycles. The molecule has 15 heavy (non-hydrogen) atoms. The summed E-state index contributed by atoms with van der Waals surface area (Å²) < 4.78 is 40.7. The van der Waals surface area contributed by atoms with Gasteiger partial charge in [0, 0.05) is 5.38 Å². The maximum absolute atomic E-state index is 12.4. The van der Waals surface area contributed by atoms with Crippen LogP contribution in [0.25, 0.3) is 0 Å². The van der Waals surface area contributed by atoms with Gasteiger partial charge in [-0.3, -0.25) is 0 Å². The largest absolute Gasteiger partial charge is 1.00 e. The number of methoxy groups -OCH3 is 1. The van der Waals surface area contributed by atoms with Crippen molar-refractivity contribution in [3.63, 3.8) is 0 Å². The molecule has 0 amide bonds. The van der Waals surface area contributed by atoms with Gasteiger partial charge in [0.25, 0.3) is 0 Å². The van der Waals surface area contributed by atoms with Crippen LogP contribution in [0.1, 0.15) is 15.9 Å². The molecule has 0 fully saturated rings. The second kappa shape index (κ2) is 5.83. The summed E-state index contributed by atoms with van der Waals surface area (Å²) >= 11 is 0.529. The van der Waals surface area contributed by atoms with Crippen LogP contribution in [0.5, 0.6) is 0 Å². The average molecular weight is 262 g/mol. The van der Waals surface area contributed by atoms with Gasteiger partial charge >= 0.3 is 64.3 Å². The van der Waals surface area contributed by atoms with Crippen molar-refractivity contribution >= 4 is 29.1 Å². The summed E-state index contributed by atoms with van der Waals surface area (Å²) in [5.74, 6) is -0.731. The van der Waals surface area contributed by atoms with Crippen molar-refractivity contribution in [2.45, 2.75) is 6.92 Å². The molecule has 0 radical (unpaired) electrons. The number of hydrogen-bond donors (Lipinski definition) is 0. The molecule has 0 atom stereocenters.